The number of likely N-dealkylation sites (tertiary alicyclic amines) is 1. The molecule has 0 aromatic heterocycles. The third-order valence-electron chi connectivity index (χ3n) is 4.47. The molecule has 0 amide bonds. The molecule has 0 spiro atoms. The first-order valence-electron chi connectivity index (χ1n) is 7.22. The van der Waals surface area contributed by atoms with Crippen molar-refractivity contribution in [3.63, 3.8) is 0 Å². The minimum Gasteiger partial charge on any atom is -0.493 e. The van der Waals surface area contributed by atoms with Crippen LogP contribution in [0, 0.1) is 11.7 Å². The van der Waals surface area contributed by atoms with Gasteiger partial charge in [0.05, 0.1) is 19.8 Å². The van der Waals surface area contributed by atoms with E-state index in [0.717, 1.165) is 13.1 Å². The minimum atomic E-state index is -0.632. The first-order chi connectivity index (χ1) is 9.87. The topological polar surface area (TPSA) is 41.9 Å². The van der Waals surface area contributed by atoms with Crippen molar-refractivity contribution in [2.45, 2.75) is 32.4 Å². The van der Waals surface area contributed by atoms with Crippen LogP contribution in [0.4, 0.5) is 4.39 Å². The Kier molecular flexibility index (Phi) is 4.74. The van der Waals surface area contributed by atoms with Crippen LogP contribution in [0.15, 0.2) is 12.1 Å². The molecule has 0 radical (unpaired) electrons. The highest BCUT2D eigenvalue weighted by molar-refractivity contribution is 5.43. The van der Waals surface area contributed by atoms with E-state index in [2.05, 4.69) is 4.90 Å². The van der Waals surface area contributed by atoms with Crippen molar-refractivity contribution in [2.75, 3.05) is 27.3 Å². The van der Waals surface area contributed by atoms with Crippen molar-refractivity contribution < 1.29 is 19.0 Å². The molecule has 1 N–H and O–H groups in total. The Balaban J connectivity index is 2.13. The van der Waals surface area contributed by atoms with Gasteiger partial charge in [0, 0.05) is 31.3 Å². The fourth-order valence-electron chi connectivity index (χ4n) is 2.71. The normalized spacial score (nSPS) is 26.7. The lowest BCUT2D eigenvalue weighted by Gasteiger charge is -2.41. The number of aliphatic hydroxyl groups is 1. The van der Waals surface area contributed by atoms with Gasteiger partial charge in [-0.3, -0.25) is 4.90 Å². The second-order valence-electron chi connectivity index (χ2n) is 6.04. The van der Waals surface area contributed by atoms with Crippen LogP contribution in [-0.4, -0.2) is 42.9 Å². The standard InChI is InChI=1S/C16H24FNO3/c1-11-9-18(6-5-16(11,2)19)10-12-7-14(20-3)15(21-4)8-13(12)17/h7-8,11,19H,5-6,9-10H2,1-4H3/t11-,16+/m1/s1. The maximum absolute atomic E-state index is 14.1. The molecule has 1 aromatic rings. The van der Waals surface area contributed by atoms with Crippen LogP contribution < -0.4 is 9.47 Å². The van der Waals surface area contributed by atoms with Gasteiger partial charge >= 0.3 is 0 Å². The average Bonchev–Trinajstić information content (AvgIpc) is 2.44. The second-order valence-corrected chi connectivity index (χ2v) is 6.04. The van der Waals surface area contributed by atoms with Crippen LogP contribution in [0.3, 0.4) is 0 Å². The highest BCUT2D eigenvalue weighted by atomic mass is 19.1. The van der Waals surface area contributed by atoms with Gasteiger partial charge in [-0.25, -0.2) is 4.39 Å². The van der Waals surface area contributed by atoms with Gasteiger partial charge in [-0.05, 0) is 25.3 Å². The number of benzene rings is 1. The van der Waals surface area contributed by atoms with Gasteiger partial charge in [0.1, 0.15) is 5.82 Å². The van der Waals surface area contributed by atoms with E-state index in [9.17, 15) is 9.50 Å². The third kappa shape index (κ3) is 3.47. The maximum Gasteiger partial charge on any atom is 0.163 e. The molecule has 1 saturated heterocycles. The number of rotatable bonds is 4. The van der Waals surface area contributed by atoms with Crippen molar-refractivity contribution in [3.05, 3.63) is 23.5 Å². The van der Waals surface area contributed by atoms with E-state index in [0.29, 0.717) is 30.0 Å². The predicted octanol–water partition coefficient (Wildman–Crippen LogP) is 2.44. The quantitative estimate of drug-likeness (QED) is 0.927. The Morgan fingerprint density at radius 2 is 1.95 bits per heavy atom. The summed E-state index contributed by atoms with van der Waals surface area (Å²) in [7, 11) is 3.03. The molecule has 1 aromatic carbocycles. The van der Waals surface area contributed by atoms with E-state index < -0.39 is 5.60 Å². The van der Waals surface area contributed by atoms with Crippen molar-refractivity contribution in [3.8, 4) is 11.5 Å². The average molecular weight is 297 g/mol. The lowest BCUT2D eigenvalue weighted by atomic mass is 9.84. The molecule has 5 heteroatoms. The molecule has 0 saturated carbocycles. The largest absolute Gasteiger partial charge is 0.493 e. The Hall–Kier alpha value is -1.33. The number of hydrogen-bond acceptors (Lipinski definition) is 4. The molecule has 0 unspecified atom stereocenters. The van der Waals surface area contributed by atoms with Gasteiger partial charge in [-0.1, -0.05) is 6.92 Å². The SMILES string of the molecule is COc1cc(F)c(CN2CC[C@](C)(O)[C@H](C)C2)cc1OC. The Morgan fingerprint density at radius 3 is 2.52 bits per heavy atom. The third-order valence-corrected chi connectivity index (χ3v) is 4.47. The Bertz CT molecular complexity index is 505. The highest BCUT2D eigenvalue weighted by Crippen LogP contribution is 2.32. The van der Waals surface area contributed by atoms with Crippen LogP contribution in [0.2, 0.25) is 0 Å². The summed E-state index contributed by atoms with van der Waals surface area (Å²) < 4.78 is 24.5. The van der Waals surface area contributed by atoms with Crippen molar-refractivity contribution in [2.24, 2.45) is 5.92 Å². The summed E-state index contributed by atoms with van der Waals surface area (Å²) in [4.78, 5) is 2.16. The summed E-state index contributed by atoms with van der Waals surface area (Å²) >= 11 is 0. The first kappa shape index (κ1) is 16.0. The van der Waals surface area contributed by atoms with Crippen LogP contribution in [-0.2, 0) is 6.54 Å². The summed E-state index contributed by atoms with van der Waals surface area (Å²) in [5.41, 5.74) is -0.0477. The predicted molar refractivity (Wildman–Crippen MR) is 79.2 cm³/mol. The smallest absolute Gasteiger partial charge is 0.163 e. The molecule has 118 valence electrons. The molecule has 2 atom stereocenters. The van der Waals surface area contributed by atoms with Gasteiger partial charge in [-0.2, -0.15) is 0 Å². The molecule has 1 aliphatic rings. The number of nitrogens with zero attached hydrogens (tertiary/aromatic N) is 1. The van der Waals surface area contributed by atoms with Crippen molar-refractivity contribution >= 4 is 0 Å². The number of piperidine rings is 1. The Morgan fingerprint density at radius 1 is 1.33 bits per heavy atom. The highest BCUT2D eigenvalue weighted by Gasteiger charge is 2.34. The van der Waals surface area contributed by atoms with Crippen molar-refractivity contribution in [1.82, 2.24) is 4.90 Å². The molecular formula is C16H24FNO3. The van der Waals surface area contributed by atoms with Crippen LogP contribution in [0.5, 0.6) is 11.5 Å². The molecular weight excluding hydrogens is 273 g/mol. The van der Waals surface area contributed by atoms with E-state index >= 15 is 0 Å². The molecule has 4 nitrogen and oxygen atoms in total. The van der Waals surface area contributed by atoms with E-state index in [-0.39, 0.29) is 11.7 Å². The van der Waals surface area contributed by atoms with Crippen LogP contribution in [0.25, 0.3) is 0 Å². The summed E-state index contributed by atoms with van der Waals surface area (Å²) in [5.74, 6) is 0.798. The molecule has 1 fully saturated rings. The van der Waals surface area contributed by atoms with Gasteiger partial charge in [0.25, 0.3) is 0 Å². The van der Waals surface area contributed by atoms with E-state index in [1.807, 2.05) is 13.8 Å². The first-order valence-corrected chi connectivity index (χ1v) is 7.22. The lowest BCUT2D eigenvalue weighted by molar-refractivity contribution is -0.0525. The van der Waals surface area contributed by atoms with Crippen LogP contribution in [0.1, 0.15) is 25.8 Å². The fourth-order valence-corrected chi connectivity index (χ4v) is 2.71. The number of ether oxygens (including phenoxy) is 2. The van der Waals surface area contributed by atoms with Gasteiger partial charge in [-0.15, -0.1) is 0 Å². The molecule has 2 rings (SSSR count). The second kappa shape index (κ2) is 6.20. The van der Waals surface area contributed by atoms with Crippen LogP contribution >= 0.6 is 0 Å². The van der Waals surface area contributed by atoms with Crippen molar-refractivity contribution in [1.29, 1.82) is 0 Å². The number of halogens is 1. The minimum absolute atomic E-state index is 0.162. The number of hydrogen-bond donors (Lipinski definition) is 1. The molecule has 0 bridgehead atoms. The maximum atomic E-state index is 14.1. The van der Waals surface area contributed by atoms with Gasteiger partial charge < -0.3 is 14.6 Å². The monoisotopic (exact) mass is 297 g/mol. The Labute approximate surface area is 125 Å². The van der Waals surface area contributed by atoms with Gasteiger partial charge in [0.15, 0.2) is 11.5 Å². The van der Waals surface area contributed by atoms with Gasteiger partial charge in [0.2, 0.25) is 0 Å². The summed E-state index contributed by atoms with van der Waals surface area (Å²) in [6.07, 6.45) is 0.697. The zero-order valence-electron chi connectivity index (χ0n) is 13.1. The summed E-state index contributed by atoms with van der Waals surface area (Å²) in [6.45, 7) is 5.90. The van der Waals surface area contributed by atoms with E-state index in [4.69, 9.17) is 9.47 Å². The lowest BCUT2D eigenvalue weighted by Crippen LogP contribution is -2.48. The van der Waals surface area contributed by atoms with E-state index in [1.165, 1.54) is 13.2 Å². The number of methoxy groups -OCH3 is 2. The molecule has 1 heterocycles. The summed E-state index contributed by atoms with van der Waals surface area (Å²) in [5, 5.41) is 10.2. The molecule has 21 heavy (non-hydrogen) atoms. The molecule has 0 aliphatic carbocycles. The van der Waals surface area contributed by atoms with E-state index in [1.54, 1.807) is 13.2 Å². The summed E-state index contributed by atoms with van der Waals surface area (Å²) in [6, 6.07) is 3.04. The zero-order chi connectivity index (χ0) is 15.6. The fraction of sp³-hybridized carbons (Fsp3) is 0.625. The zero-order valence-corrected chi connectivity index (χ0v) is 13.1. The molecule has 1 aliphatic heterocycles.